The lowest BCUT2D eigenvalue weighted by molar-refractivity contribution is 0.0295. The summed E-state index contributed by atoms with van der Waals surface area (Å²) in [5.74, 6) is 0.526. The Kier molecular flexibility index (Phi) is 5.21. The molecule has 0 aromatic rings. The van der Waals surface area contributed by atoms with Gasteiger partial charge in [0.1, 0.15) is 0 Å². The molecule has 0 amide bonds. The van der Waals surface area contributed by atoms with Crippen molar-refractivity contribution in [2.45, 2.75) is 38.6 Å². The molecule has 1 rings (SSSR count). The summed E-state index contributed by atoms with van der Waals surface area (Å²) in [4.78, 5) is 0. The van der Waals surface area contributed by atoms with Crippen LogP contribution in [0, 0.1) is 0 Å². The average molecular weight is 249 g/mol. The van der Waals surface area contributed by atoms with Crippen LogP contribution in [0.15, 0.2) is 0 Å². The highest BCUT2D eigenvalue weighted by atomic mass is 32.2. The molecule has 1 N–H and O–H groups in total. The van der Waals surface area contributed by atoms with E-state index in [4.69, 9.17) is 4.74 Å². The number of hydrogen-bond acceptors (Lipinski definition) is 4. The third-order valence-corrected chi connectivity index (χ3v) is 4.77. The molecule has 1 aliphatic rings. The van der Waals surface area contributed by atoms with Crippen molar-refractivity contribution in [3.8, 4) is 0 Å². The molecule has 1 fully saturated rings. The van der Waals surface area contributed by atoms with Crippen molar-refractivity contribution >= 4 is 9.84 Å². The SMILES string of the molecule is CCCS(=O)(=O)CCNC1(C)CCCOC1. The number of sulfone groups is 1. The third-order valence-electron chi connectivity index (χ3n) is 2.92. The lowest BCUT2D eigenvalue weighted by atomic mass is 9.95. The maximum absolute atomic E-state index is 11.5. The van der Waals surface area contributed by atoms with Gasteiger partial charge >= 0.3 is 0 Å². The molecule has 1 atom stereocenters. The molecular formula is C11H23NO3S. The van der Waals surface area contributed by atoms with Crippen molar-refractivity contribution in [2.24, 2.45) is 0 Å². The number of rotatable bonds is 6. The van der Waals surface area contributed by atoms with Crippen LogP contribution in [0.1, 0.15) is 33.1 Å². The zero-order valence-electron chi connectivity index (χ0n) is 10.3. The number of ether oxygens (including phenoxy) is 1. The Hall–Kier alpha value is -0.130. The molecule has 0 aromatic heterocycles. The molecule has 0 aliphatic carbocycles. The highest BCUT2D eigenvalue weighted by Crippen LogP contribution is 2.17. The van der Waals surface area contributed by atoms with Crippen LogP contribution in [-0.4, -0.2) is 45.2 Å². The summed E-state index contributed by atoms with van der Waals surface area (Å²) in [6.45, 7) is 6.02. The van der Waals surface area contributed by atoms with Gasteiger partial charge in [-0.25, -0.2) is 8.42 Å². The molecule has 16 heavy (non-hydrogen) atoms. The van der Waals surface area contributed by atoms with E-state index in [0.29, 0.717) is 25.3 Å². The second-order valence-electron chi connectivity index (χ2n) is 4.80. The van der Waals surface area contributed by atoms with Gasteiger partial charge < -0.3 is 10.1 Å². The standard InChI is InChI=1S/C11H23NO3S/c1-3-8-16(13,14)9-6-12-11(2)5-4-7-15-10-11/h12H,3-10H2,1-2H3. The van der Waals surface area contributed by atoms with Gasteiger partial charge in [0.2, 0.25) is 0 Å². The molecule has 0 saturated carbocycles. The first-order valence-electron chi connectivity index (χ1n) is 6.01. The third kappa shape index (κ3) is 4.80. The maximum Gasteiger partial charge on any atom is 0.151 e. The van der Waals surface area contributed by atoms with Gasteiger partial charge in [-0.15, -0.1) is 0 Å². The van der Waals surface area contributed by atoms with Crippen LogP contribution in [-0.2, 0) is 14.6 Å². The topological polar surface area (TPSA) is 55.4 Å². The Morgan fingerprint density at radius 2 is 2.12 bits per heavy atom. The predicted octanol–water partition coefficient (Wildman–Crippen LogP) is 0.970. The van der Waals surface area contributed by atoms with Crippen LogP contribution in [0.3, 0.4) is 0 Å². The molecule has 5 heteroatoms. The van der Waals surface area contributed by atoms with Crippen molar-refractivity contribution in [1.82, 2.24) is 5.32 Å². The van der Waals surface area contributed by atoms with Gasteiger partial charge in [0.25, 0.3) is 0 Å². The van der Waals surface area contributed by atoms with Crippen LogP contribution >= 0.6 is 0 Å². The molecule has 0 spiro atoms. The smallest absolute Gasteiger partial charge is 0.151 e. The first-order chi connectivity index (χ1) is 7.47. The van der Waals surface area contributed by atoms with Gasteiger partial charge in [0.15, 0.2) is 9.84 Å². The summed E-state index contributed by atoms with van der Waals surface area (Å²) in [5, 5.41) is 3.31. The van der Waals surface area contributed by atoms with Crippen LogP contribution in [0.4, 0.5) is 0 Å². The summed E-state index contributed by atoms with van der Waals surface area (Å²) in [5.41, 5.74) is -0.0417. The molecule has 96 valence electrons. The first-order valence-corrected chi connectivity index (χ1v) is 7.83. The highest BCUT2D eigenvalue weighted by Gasteiger charge is 2.27. The fourth-order valence-corrected chi connectivity index (χ4v) is 3.23. The Morgan fingerprint density at radius 1 is 1.38 bits per heavy atom. The molecule has 0 bridgehead atoms. The van der Waals surface area contributed by atoms with E-state index in [-0.39, 0.29) is 11.3 Å². The molecule has 1 aliphatic heterocycles. The quantitative estimate of drug-likeness (QED) is 0.762. The molecule has 1 unspecified atom stereocenters. The van der Waals surface area contributed by atoms with E-state index in [2.05, 4.69) is 12.2 Å². The van der Waals surface area contributed by atoms with Gasteiger partial charge in [-0.2, -0.15) is 0 Å². The molecule has 0 aromatic carbocycles. The number of nitrogens with one attached hydrogen (secondary N) is 1. The first kappa shape index (κ1) is 13.9. The average Bonchev–Trinajstić information content (AvgIpc) is 2.17. The Bertz CT molecular complexity index is 294. The second-order valence-corrected chi connectivity index (χ2v) is 7.10. The Morgan fingerprint density at radius 3 is 2.69 bits per heavy atom. The minimum Gasteiger partial charge on any atom is -0.380 e. The summed E-state index contributed by atoms with van der Waals surface area (Å²) in [6, 6.07) is 0. The van der Waals surface area contributed by atoms with Gasteiger partial charge in [-0.1, -0.05) is 6.92 Å². The fourth-order valence-electron chi connectivity index (χ4n) is 1.99. The van der Waals surface area contributed by atoms with E-state index in [1.807, 2.05) is 6.92 Å². The van der Waals surface area contributed by atoms with Gasteiger partial charge in [0, 0.05) is 24.4 Å². The summed E-state index contributed by atoms with van der Waals surface area (Å²) < 4.78 is 28.4. The van der Waals surface area contributed by atoms with Crippen molar-refractivity contribution in [3.63, 3.8) is 0 Å². The second kappa shape index (κ2) is 5.98. The highest BCUT2D eigenvalue weighted by molar-refractivity contribution is 7.91. The van der Waals surface area contributed by atoms with Crippen molar-refractivity contribution < 1.29 is 13.2 Å². The summed E-state index contributed by atoms with van der Waals surface area (Å²) in [6.07, 6.45) is 2.80. The predicted molar refractivity (Wildman–Crippen MR) is 65.4 cm³/mol. The van der Waals surface area contributed by atoms with Gasteiger partial charge in [0.05, 0.1) is 12.4 Å². The van der Waals surface area contributed by atoms with Crippen molar-refractivity contribution in [1.29, 1.82) is 0 Å². The molecule has 1 saturated heterocycles. The van der Waals surface area contributed by atoms with E-state index in [0.717, 1.165) is 19.4 Å². The molecule has 1 heterocycles. The summed E-state index contributed by atoms with van der Waals surface area (Å²) in [7, 11) is -2.86. The Balaban J connectivity index is 2.29. The molecule has 4 nitrogen and oxygen atoms in total. The van der Waals surface area contributed by atoms with E-state index in [1.165, 1.54) is 0 Å². The number of hydrogen-bond donors (Lipinski definition) is 1. The normalized spacial score (nSPS) is 26.9. The van der Waals surface area contributed by atoms with Crippen LogP contribution < -0.4 is 5.32 Å². The van der Waals surface area contributed by atoms with Crippen LogP contribution in [0.25, 0.3) is 0 Å². The van der Waals surface area contributed by atoms with Crippen LogP contribution in [0.2, 0.25) is 0 Å². The summed E-state index contributed by atoms with van der Waals surface area (Å²) >= 11 is 0. The van der Waals surface area contributed by atoms with E-state index < -0.39 is 9.84 Å². The maximum atomic E-state index is 11.5. The van der Waals surface area contributed by atoms with E-state index in [1.54, 1.807) is 0 Å². The monoisotopic (exact) mass is 249 g/mol. The van der Waals surface area contributed by atoms with Crippen molar-refractivity contribution in [3.05, 3.63) is 0 Å². The lowest BCUT2D eigenvalue weighted by Crippen LogP contribution is -2.50. The van der Waals surface area contributed by atoms with Gasteiger partial charge in [-0.3, -0.25) is 0 Å². The molecular weight excluding hydrogens is 226 g/mol. The van der Waals surface area contributed by atoms with E-state index >= 15 is 0 Å². The minimum atomic E-state index is -2.86. The van der Waals surface area contributed by atoms with Crippen LogP contribution in [0.5, 0.6) is 0 Å². The molecule has 0 radical (unpaired) electrons. The fraction of sp³-hybridized carbons (Fsp3) is 1.00. The minimum absolute atomic E-state index is 0.0417. The zero-order chi connectivity index (χ0) is 12.1. The Labute approximate surface area is 98.7 Å². The van der Waals surface area contributed by atoms with E-state index in [9.17, 15) is 8.42 Å². The zero-order valence-corrected chi connectivity index (χ0v) is 11.1. The lowest BCUT2D eigenvalue weighted by Gasteiger charge is -2.34. The largest absolute Gasteiger partial charge is 0.380 e. The van der Waals surface area contributed by atoms with Gasteiger partial charge in [-0.05, 0) is 26.2 Å². The van der Waals surface area contributed by atoms with Crippen molar-refractivity contribution in [2.75, 3.05) is 31.3 Å².